The molecule has 0 aliphatic heterocycles. The van der Waals surface area contributed by atoms with Crippen molar-refractivity contribution in [3.63, 3.8) is 0 Å². The van der Waals surface area contributed by atoms with E-state index in [1.807, 2.05) is 0 Å². The van der Waals surface area contributed by atoms with Crippen molar-refractivity contribution in [1.82, 2.24) is 4.98 Å². The van der Waals surface area contributed by atoms with E-state index in [1.54, 1.807) is 0 Å². The number of anilines is 1. The van der Waals surface area contributed by atoms with Gasteiger partial charge in [0, 0.05) is 19.0 Å². The zero-order chi connectivity index (χ0) is 13.1. The number of carboxylic acids is 1. The van der Waals surface area contributed by atoms with Crippen LogP contribution in [0.3, 0.4) is 0 Å². The first-order chi connectivity index (χ1) is 7.81. The van der Waals surface area contributed by atoms with Gasteiger partial charge >= 0.3 is 5.97 Å². The van der Waals surface area contributed by atoms with Crippen LogP contribution in [0.2, 0.25) is 5.02 Å². The highest BCUT2D eigenvalue weighted by Gasteiger charge is 2.13. The molecule has 1 aromatic rings. The molecule has 94 valence electrons. The number of nitrogens with zero attached hydrogens (tertiary/aromatic N) is 1. The molecule has 0 aliphatic rings. The van der Waals surface area contributed by atoms with Gasteiger partial charge in [-0.2, -0.15) is 0 Å². The summed E-state index contributed by atoms with van der Waals surface area (Å²) in [4.78, 5) is 14.6. The highest BCUT2D eigenvalue weighted by molar-refractivity contribution is 7.90. The molecule has 17 heavy (non-hydrogen) atoms. The molecular weight excluding hydrogens is 268 g/mol. The van der Waals surface area contributed by atoms with Crippen LogP contribution in [-0.4, -0.2) is 43.0 Å². The van der Waals surface area contributed by atoms with Crippen LogP contribution >= 0.6 is 11.6 Å². The number of pyridine rings is 1. The number of rotatable bonds is 5. The van der Waals surface area contributed by atoms with Crippen LogP contribution in [0.1, 0.15) is 10.4 Å². The molecule has 0 aliphatic carbocycles. The Bertz CT molecular complexity index is 530. The predicted octanol–water partition coefficient (Wildman–Crippen LogP) is 0.890. The van der Waals surface area contributed by atoms with Crippen molar-refractivity contribution in [2.45, 2.75) is 0 Å². The lowest BCUT2D eigenvalue weighted by Crippen LogP contribution is -2.15. The van der Waals surface area contributed by atoms with Crippen LogP contribution in [0, 0.1) is 0 Å². The van der Waals surface area contributed by atoms with E-state index >= 15 is 0 Å². The highest BCUT2D eigenvalue weighted by atomic mass is 35.5. The molecule has 0 atom stereocenters. The lowest BCUT2D eigenvalue weighted by molar-refractivity contribution is 0.0697. The molecule has 0 saturated heterocycles. The fourth-order valence-corrected chi connectivity index (χ4v) is 1.82. The number of sulfone groups is 1. The quantitative estimate of drug-likeness (QED) is 0.830. The van der Waals surface area contributed by atoms with Crippen LogP contribution in [0.25, 0.3) is 0 Å². The van der Waals surface area contributed by atoms with E-state index in [0.29, 0.717) is 0 Å². The van der Waals surface area contributed by atoms with E-state index in [9.17, 15) is 13.2 Å². The molecule has 0 aromatic carbocycles. The number of halogens is 1. The average Bonchev–Trinajstić information content (AvgIpc) is 2.18. The van der Waals surface area contributed by atoms with Gasteiger partial charge in [-0.15, -0.1) is 0 Å². The van der Waals surface area contributed by atoms with E-state index in [2.05, 4.69) is 10.3 Å². The van der Waals surface area contributed by atoms with E-state index in [0.717, 1.165) is 6.26 Å². The second-order valence-electron chi connectivity index (χ2n) is 3.38. The Morgan fingerprint density at radius 2 is 2.24 bits per heavy atom. The number of carboxylic acid groups (broad SMARTS) is 1. The molecule has 0 spiro atoms. The maximum Gasteiger partial charge on any atom is 0.337 e. The summed E-state index contributed by atoms with van der Waals surface area (Å²) >= 11 is 5.80. The lowest BCUT2D eigenvalue weighted by atomic mass is 10.2. The Morgan fingerprint density at radius 1 is 1.59 bits per heavy atom. The summed E-state index contributed by atoms with van der Waals surface area (Å²) in [5, 5.41) is 11.5. The topological polar surface area (TPSA) is 96.4 Å². The standard InChI is InChI=1S/C9H11ClN2O4S/c1-17(15,16)5-4-12-8-7(10)6(9(13)14)2-3-11-8/h2-3H,4-5H2,1H3,(H,11,12)(H,13,14). The second kappa shape index (κ2) is 5.33. The maximum atomic E-state index is 10.9. The molecule has 6 nitrogen and oxygen atoms in total. The molecule has 1 rings (SSSR count). The summed E-state index contributed by atoms with van der Waals surface area (Å²) in [6.45, 7) is 0.120. The third-order valence-corrected chi connectivity index (χ3v) is 3.21. The van der Waals surface area contributed by atoms with Crippen LogP contribution in [0.15, 0.2) is 12.3 Å². The number of carbonyl (C=O) groups is 1. The predicted molar refractivity (Wildman–Crippen MR) is 64.4 cm³/mol. The van der Waals surface area contributed by atoms with Crippen molar-refractivity contribution in [1.29, 1.82) is 0 Å². The minimum Gasteiger partial charge on any atom is -0.478 e. The summed E-state index contributed by atoms with van der Waals surface area (Å²) in [5.41, 5.74) is -0.0801. The molecule has 0 bridgehead atoms. The van der Waals surface area contributed by atoms with Gasteiger partial charge in [-0.25, -0.2) is 18.2 Å². The SMILES string of the molecule is CS(=O)(=O)CCNc1nccc(C(=O)O)c1Cl. The monoisotopic (exact) mass is 278 g/mol. The van der Waals surface area contributed by atoms with Gasteiger partial charge in [0.15, 0.2) is 0 Å². The average molecular weight is 279 g/mol. The van der Waals surface area contributed by atoms with Crippen molar-refractivity contribution < 1.29 is 18.3 Å². The molecular formula is C9H11ClN2O4S. The Labute approximate surface area is 104 Å². The summed E-state index contributed by atoms with van der Waals surface area (Å²) in [7, 11) is -3.08. The molecule has 0 unspecified atom stereocenters. The number of aromatic nitrogens is 1. The summed E-state index contributed by atoms with van der Waals surface area (Å²) in [5.74, 6) is -1.08. The van der Waals surface area contributed by atoms with Gasteiger partial charge in [-0.05, 0) is 6.07 Å². The van der Waals surface area contributed by atoms with Crippen LogP contribution in [0.4, 0.5) is 5.82 Å². The first-order valence-electron chi connectivity index (χ1n) is 4.60. The maximum absolute atomic E-state index is 10.9. The van der Waals surface area contributed by atoms with Gasteiger partial charge in [0.25, 0.3) is 0 Å². The van der Waals surface area contributed by atoms with Crippen molar-refractivity contribution in [2.24, 2.45) is 0 Å². The van der Waals surface area contributed by atoms with Crippen molar-refractivity contribution in [3.05, 3.63) is 22.8 Å². The largest absolute Gasteiger partial charge is 0.478 e. The van der Waals surface area contributed by atoms with E-state index in [4.69, 9.17) is 16.7 Å². The van der Waals surface area contributed by atoms with Crippen molar-refractivity contribution in [3.8, 4) is 0 Å². The van der Waals surface area contributed by atoms with Crippen molar-refractivity contribution >= 4 is 33.2 Å². The summed E-state index contributed by atoms with van der Waals surface area (Å²) in [6.07, 6.45) is 2.40. The first-order valence-corrected chi connectivity index (χ1v) is 7.04. The summed E-state index contributed by atoms with van der Waals surface area (Å²) in [6, 6.07) is 1.27. The first kappa shape index (κ1) is 13.7. The molecule has 0 radical (unpaired) electrons. The Hall–Kier alpha value is -1.34. The third kappa shape index (κ3) is 4.20. The number of nitrogens with one attached hydrogen (secondary N) is 1. The smallest absolute Gasteiger partial charge is 0.337 e. The van der Waals surface area contributed by atoms with Gasteiger partial charge in [0.1, 0.15) is 15.7 Å². The summed E-state index contributed by atoms with van der Waals surface area (Å²) < 4.78 is 21.8. The fraction of sp³-hybridized carbons (Fsp3) is 0.333. The number of hydrogen-bond donors (Lipinski definition) is 2. The zero-order valence-electron chi connectivity index (χ0n) is 8.97. The minimum atomic E-state index is -3.08. The Morgan fingerprint density at radius 3 is 2.76 bits per heavy atom. The van der Waals surface area contributed by atoms with E-state index in [-0.39, 0.29) is 28.7 Å². The van der Waals surface area contributed by atoms with Gasteiger partial charge in [0.05, 0.1) is 16.3 Å². The van der Waals surface area contributed by atoms with Gasteiger partial charge in [-0.3, -0.25) is 0 Å². The lowest BCUT2D eigenvalue weighted by Gasteiger charge is -2.07. The van der Waals surface area contributed by atoms with E-state index in [1.165, 1.54) is 12.3 Å². The van der Waals surface area contributed by atoms with Crippen LogP contribution in [-0.2, 0) is 9.84 Å². The minimum absolute atomic E-state index is 0.0338. The van der Waals surface area contributed by atoms with Gasteiger partial charge in [0.2, 0.25) is 0 Å². The molecule has 8 heteroatoms. The zero-order valence-corrected chi connectivity index (χ0v) is 10.5. The molecule has 1 aromatic heterocycles. The molecule has 1 heterocycles. The van der Waals surface area contributed by atoms with Crippen molar-refractivity contribution in [2.75, 3.05) is 23.9 Å². The molecule has 0 amide bonds. The molecule has 0 fully saturated rings. The molecule has 2 N–H and O–H groups in total. The van der Waals surface area contributed by atoms with Crippen LogP contribution < -0.4 is 5.32 Å². The van der Waals surface area contributed by atoms with E-state index < -0.39 is 15.8 Å². The number of hydrogen-bond acceptors (Lipinski definition) is 5. The normalized spacial score (nSPS) is 11.2. The third-order valence-electron chi connectivity index (χ3n) is 1.88. The van der Waals surface area contributed by atoms with Gasteiger partial charge < -0.3 is 10.4 Å². The fourth-order valence-electron chi connectivity index (χ4n) is 1.09. The second-order valence-corrected chi connectivity index (χ2v) is 6.02. The Balaban J connectivity index is 2.79. The highest BCUT2D eigenvalue weighted by Crippen LogP contribution is 2.23. The van der Waals surface area contributed by atoms with Crippen LogP contribution in [0.5, 0.6) is 0 Å². The molecule has 0 saturated carbocycles. The van der Waals surface area contributed by atoms with Gasteiger partial charge in [-0.1, -0.05) is 11.6 Å². The number of aromatic carboxylic acids is 1. The Kier molecular flexibility index (Phi) is 4.30.